The van der Waals surface area contributed by atoms with Crippen molar-refractivity contribution in [3.8, 4) is 0 Å². The highest BCUT2D eigenvalue weighted by molar-refractivity contribution is 5.77. The van der Waals surface area contributed by atoms with Crippen molar-refractivity contribution in [1.82, 2.24) is 5.32 Å². The number of amides is 1. The smallest absolute Gasteiger partial charge is 0.221 e. The zero-order valence-corrected chi connectivity index (χ0v) is 12.2. The summed E-state index contributed by atoms with van der Waals surface area (Å²) in [5, 5.41) is 3.09. The van der Waals surface area contributed by atoms with Crippen LogP contribution in [0.2, 0.25) is 0 Å². The number of carbonyl (C=O) groups is 1. The Morgan fingerprint density at radius 2 is 2.17 bits per heavy atom. The summed E-state index contributed by atoms with van der Waals surface area (Å²) in [6, 6.07) is 0.205. The second-order valence-corrected chi connectivity index (χ2v) is 5.87. The molecule has 0 radical (unpaired) electrons. The van der Waals surface area contributed by atoms with E-state index in [0.29, 0.717) is 6.42 Å². The average Bonchev–Trinajstić information content (AvgIpc) is 2.28. The Bertz CT molecular complexity index is 279. The molecule has 0 heterocycles. The van der Waals surface area contributed by atoms with Gasteiger partial charge in [0.25, 0.3) is 0 Å². The van der Waals surface area contributed by atoms with E-state index in [1.165, 1.54) is 0 Å². The molecule has 1 amide bonds. The Balaban J connectivity index is 2.34. The number of hydrogen-bond donors (Lipinski definition) is 2. The predicted octanol–water partition coefficient (Wildman–Crippen LogP) is 1.82. The third kappa shape index (κ3) is 3.69. The van der Waals surface area contributed by atoms with Crippen LogP contribution < -0.4 is 11.1 Å². The van der Waals surface area contributed by atoms with Gasteiger partial charge in [-0.15, -0.1) is 0 Å². The van der Waals surface area contributed by atoms with Gasteiger partial charge in [-0.05, 0) is 19.8 Å². The summed E-state index contributed by atoms with van der Waals surface area (Å²) in [7, 11) is 0. The van der Waals surface area contributed by atoms with Crippen molar-refractivity contribution < 1.29 is 9.53 Å². The van der Waals surface area contributed by atoms with Crippen LogP contribution in [-0.4, -0.2) is 30.7 Å². The molecule has 1 aliphatic rings. The lowest BCUT2D eigenvalue weighted by molar-refractivity contribution is -0.136. The maximum Gasteiger partial charge on any atom is 0.221 e. The first-order valence-electron chi connectivity index (χ1n) is 7.08. The van der Waals surface area contributed by atoms with Crippen LogP contribution >= 0.6 is 0 Å². The van der Waals surface area contributed by atoms with Crippen molar-refractivity contribution in [2.24, 2.45) is 11.1 Å². The van der Waals surface area contributed by atoms with Crippen LogP contribution in [0, 0.1) is 5.41 Å². The minimum Gasteiger partial charge on any atom is -0.378 e. The fourth-order valence-corrected chi connectivity index (χ4v) is 2.58. The maximum atomic E-state index is 11.9. The molecule has 3 N–H and O–H groups in total. The molecule has 0 aromatic heterocycles. The van der Waals surface area contributed by atoms with E-state index in [0.717, 1.165) is 25.9 Å². The predicted molar refractivity (Wildman–Crippen MR) is 73.2 cm³/mol. The zero-order chi connectivity index (χ0) is 13.8. The number of ether oxygens (including phenoxy) is 1. The van der Waals surface area contributed by atoms with Gasteiger partial charge in [0.2, 0.25) is 5.91 Å². The fourth-order valence-electron chi connectivity index (χ4n) is 2.58. The lowest BCUT2D eigenvalue weighted by Crippen LogP contribution is -2.62. The van der Waals surface area contributed by atoms with Crippen molar-refractivity contribution in [3.63, 3.8) is 0 Å². The Morgan fingerprint density at radius 3 is 2.67 bits per heavy atom. The first-order chi connectivity index (χ1) is 8.41. The molecule has 1 rings (SSSR count). The number of nitrogens with one attached hydrogen (secondary N) is 1. The fraction of sp³-hybridized carbons (Fsp3) is 0.929. The van der Waals surface area contributed by atoms with Gasteiger partial charge in [-0.3, -0.25) is 4.79 Å². The van der Waals surface area contributed by atoms with Gasteiger partial charge >= 0.3 is 0 Å². The molecule has 0 aliphatic heterocycles. The summed E-state index contributed by atoms with van der Waals surface area (Å²) in [6.45, 7) is 9.11. The van der Waals surface area contributed by atoms with Crippen LogP contribution in [0.4, 0.5) is 0 Å². The number of carbonyl (C=O) groups excluding carboxylic acids is 1. The average molecular weight is 256 g/mol. The third-order valence-electron chi connectivity index (χ3n) is 3.99. The molecule has 0 saturated heterocycles. The van der Waals surface area contributed by atoms with Crippen LogP contribution in [0.3, 0.4) is 0 Å². The topological polar surface area (TPSA) is 64.4 Å². The Hall–Kier alpha value is -0.610. The summed E-state index contributed by atoms with van der Waals surface area (Å²) in [5.41, 5.74) is 5.91. The number of hydrogen-bond acceptors (Lipinski definition) is 3. The summed E-state index contributed by atoms with van der Waals surface area (Å²) in [6.07, 6.45) is 3.53. The van der Waals surface area contributed by atoms with E-state index in [9.17, 15) is 4.79 Å². The monoisotopic (exact) mass is 256 g/mol. The van der Waals surface area contributed by atoms with Crippen LogP contribution in [0.25, 0.3) is 0 Å². The molecule has 0 aromatic carbocycles. The van der Waals surface area contributed by atoms with E-state index in [1.807, 2.05) is 6.92 Å². The molecule has 4 nitrogen and oxygen atoms in total. The lowest BCUT2D eigenvalue weighted by Gasteiger charge is -2.51. The van der Waals surface area contributed by atoms with Gasteiger partial charge < -0.3 is 15.8 Å². The molecule has 4 heteroatoms. The minimum atomic E-state index is -0.0131. The van der Waals surface area contributed by atoms with Gasteiger partial charge in [-0.2, -0.15) is 0 Å². The molecule has 1 fully saturated rings. The van der Waals surface area contributed by atoms with E-state index < -0.39 is 0 Å². The molecular formula is C14H28N2O2. The molecule has 3 unspecified atom stereocenters. The molecule has 1 saturated carbocycles. The second kappa shape index (κ2) is 6.53. The summed E-state index contributed by atoms with van der Waals surface area (Å²) in [4.78, 5) is 11.9. The van der Waals surface area contributed by atoms with Crippen molar-refractivity contribution in [1.29, 1.82) is 0 Å². The molecule has 106 valence electrons. The standard InChI is InChI=1S/C14H28N2O2/c1-5-7-10(15)8-13(17)16-11-9-12(18-6-2)14(11,3)4/h10-12H,5-9,15H2,1-4H3,(H,16,17). The highest BCUT2D eigenvalue weighted by Crippen LogP contribution is 2.42. The van der Waals surface area contributed by atoms with E-state index in [2.05, 4.69) is 26.1 Å². The van der Waals surface area contributed by atoms with Gasteiger partial charge in [-0.1, -0.05) is 27.2 Å². The van der Waals surface area contributed by atoms with E-state index in [-0.39, 0.29) is 29.5 Å². The Labute approximate surface area is 111 Å². The zero-order valence-electron chi connectivity index (χ0n) is 12.2. The highest BCUT2D eigenvalue weighted by Gasteiger charge is 2.49. The Kier molecular flexibility index (Phi) is 5.60. The lowest BCUT2D eigenvalue weighted by atomic mass is 9.64. The number of rotatable bonds is 7. The van der Waals surface area contributed by atoms with Crippen LogP contribution in [0.15, 0.2) is 0 Å². The van der Waals surface area contributed by atoms with Gasteiger partial charge in [0.1, 0.15) is 0 Å². The largest absolute Gasteiger partial charge is 0.378 e. The molecule has 1 aliphatic carbocycles. The molecule has 0 aromatic rings. The molecular weight excluding hydrogens is 228 g/mol. The highest BCUT2D eigenvalue weighted by atomic mass is 16.5. The first kappa shape index (κ1) is 15.4. The van der Waals surface area contributed by atoms with Gasteiger partial charge in [-0.25, -0.2) is 0 Å². The van der Waals surface area contributed by atoms with Gasteiger partial charge in [0.05, 0.1) is 6.10 Å². The van der Waals surface area contributed by atoms with Crippen molar-refractivity contribution in [3.05, 3.63) is 0 Å². The maximum absolute atomic E-state index is 11.9. The summed E-state index contributed by atoms with van der Waals surface area (Å²) < 4.78 is 5.65. The van der Waals surface area contributed by atoms with E-state index in [1.54, 1.807) is 0 Å². The molecule has 18 heavy (non-hydrogen) atoms. The van der Waals surface area contributed by atoms with Gasteiger partial charge in [0, 0.05) is 30.5 Å². The summed E-state index contributed by atoms with van der Waals surface area (Å²) in [5.74, 6) is 0.0731. The first-order valence-corrected chi connectivity index (χ1v) is 7.08. The summed E-state index contributed by atoms with van der Waals surface area (Å²) >= 11 is 0. The van der Waals surface area contributed by atoms with E-state index in [4.69, 9.17) is 10.5 Å². The third-order valence-corrected chi connectivity index (χ3v) is 3.99. The van der Waals surface area contributed by atoms with Crippen molar-refractivity contribution in [2.75, 3.05) is 6.61 Å². The van der Waals surface area contributed by atoms with Crippen LogP contribution in [-0.2, 0) is 9.53 Å². The van der Waals surface area contributed by atoms with Crippen LogP contribution in [0.5, 0.6) is 0 Å². The normalized spacial score (nSPS) is 27.4. The van der Waals surface area contributed by atoms with Crippen LogP contribution in [0.1, 0.15) is 53.4 Å². The van der Waals surface area contributed by atoms with E-state index >= 15 is 0 Å². The number of nitrogens with two attached hydrogens (primary N) is 1. The minimum absolute atomic E-state index is 0.0131. The van der Waals surface area contributed by atoms with Crippen molar-refractivity contribution >= 4 is 5.91 Å². The second-order valence-electron chi connectivity index (χ2n) is 5.87. The van der Waals surface area contributed by atoms with Crippen molar-refractivity contribution in [2.45, 2.75) is 71.6 Å². The quantitative estimate of drug-likeness (QED) is 0.730. The van der Waals surface area contributed by atoms with Gasteiger partial charge in [0.15, 0.2) is 0 Å². The Morgan fingerprint density at radius 1 is 1.50 bits per heavy atom. The SMILES string of the molecule is CCCC(N)CC(=O)NC1CC(OCC)C1(C)C. The molecule has 3 atom stereocenters. The molecule has 0 bridgehead atoms. The molecule has 0 spiro atoms.